The summed E-state index contributed by atoms with van der Waals surface area (Å²) in [6.45, 7) is 0.157. The fourth-order valence-corrected chi connectivity index (χ4v) is 4.82. The molecule has 2 aromatic carbocycles. The Morgan fingerprint density at radius 1 is 1.03 bits per heavy atom. The third-order valence-corrected chi connectivity index (χ3v) is 6.86. The fourth-order valence-electron chi connectivity index (χ4n) is 4.35. The number of aliphatic carboxylic acids is 1. The Kier molecular flexibility index (Phi) is 7.23. The maximum atomic E-state index is 12.8. The minimum absolute atomic E-state index is 0.000442. The third kappa shape index (κ3) is 5.33. The zero-order chi connectivity index (χ0) is 23.4. The number of rotatable bonds is 10. The predicted octanol–water partition coefficient (Wildman–Crippen LogP) is 3.63. The summed E-state index contributed by atoms with van der Waals surface area (Å²) in [6, 6.07) is 14.4. The van der Waals surface area contributed by atoms with Gasteiger partial charge >= 0.3 is 12.1 Å². The first-order valence-electron chi connectivity index (χ1n) is 11.1. The Labute approximate surface area is 197 Å². The van der Waals surface area contributed by atoms with Crippen LogP contribution in [0.15, 0.2) is 48.5 Å². The van der Waals surface area contributed by atoms with Crippen LogP contribution in [-0.4, -0.2) is 53.8 Å². The number of thioether (sulfide) groups is 1. The molecule has 0 saturated heterocycles. The molecule has 0 radical (unpaired) electrons. The Bertz CT molecular complexity index is 993. The Balaban J connectivity index is 1.38. The first-order chi connectivity index (χ1) is 16.0. The highest BCUT2D eigenvalue weighted by atomic mass is 32.2. The van der Waals surface area contributed by atoms with Crippen LogP contribution in [0, 0.1) is 5.92 Å². The molecule has 1 saturated carbocycles. The molecule has 2 amide bonds. The summed E-state index contributed by atoms with van der Waals surface area (Å²) in [5.74, 6) is -1.00. The number of carboxylic acid groups (broad SMARTS) is 1. The van der Waals surface area contributed by atoms with Crippen molar-refractivity contribution in [2.75, 3.05) is 18.6 Å². The van der Waals surface area contributed by atoms with E-state index in [1.54, 1.807) is 0 Å². The van der Waals surface area contributed by atoms with Gasteiger partial charge in [0.1, 0.15) is 18.7 Å². The molecule has 0 aromatic heterocycles. The number of nitrogens with one attached hydrogen (secondary N) is 2. The zero-order valence-electron chi connectivity index (χ0n) is 18.5. The second-order valence-corrected chi connectivity index (χ2v) is 9.45. The van der Waals surface area contributed by atoms with Crippen LogP contribution < -0.4 is 10.6 Å². The number of fused-ring (bicyclic) bond motifs is 3. The molecule has 0 heterocycles. The second-order valence-electron chi connectivity index (χ2n) is 8.47. The van der Waals surface area contributed by atoms with Crippen LogP contribution in [0.2, 0.25) is 0 Å². The van der Waals surface area contributed by atoms with Crippen molar-refractivity contribution in [2.24, 2.45) is 5.92 Å². The van der Waals surface area contributed by atoms with E-state index >= 15 is 0 Å². The number of hydrogen-bond acceptors (Lipinski definition) is 5. The van der Waals surface area contributed by atoms with Gasteiger partial charge in [-0.3, -0.25) is 4.79 Å². The van der Waals surface area contributed by atoms with Crippen molar-refractivity contribution < 1.29 is 24.2 Å². The monoisotopic (exact) mass is 468 g/mol. The van der Waals surface area contributed by atoms with Crippen molar-refractivity contribution in [3.05, 3.63) is 59.7 Å². The van der Waals surface area contributed by atoms with E-state index in [0.717, 1.165) is 35.1 Å². The summed E-state index contributed by atoms with van der Waals surface area (Å²) >= 11 is 1.52. The summed E-state index contributed by atoms with van der Waals surface area (Å²) < 4.78 is 5.57. The van der Waals surface area contributed by atoms with Crippen LogP contribution >= 0.6 is 11.8 Å². The van der Waals surface area contributed by atoms with Crippen LogP contribution in [0.25, 0.3) is 11.1 Å². The van der Waals surface area contributed by atoms with Gasteiger partial charge < -0.3 is 20.5 Å². The highest BCUT2D eigenvalue weighted by Gasteiger charge is 2.39. The molecule has 174 valence electrons. The van der Waals surface area contributed by atoms with Gasteiger partial charge in [-0.2, -0.15) is 11.8 Å². The number of carbonyl (C=O) groups excluding carboxylic acids is 2. The minimum Gasteiger partial charge on any atom is -0.480 e. The van der Waals surface area contributed by atoms with Crippen molar-refractivity contribution in [3.63, 3.8) is 0 Å². The molecule has 2 atom stereocenters. The van der Waals surface area contributed by atoms with E-state index in [1.807, 2.05) is 42.7 Å². The van der Waals surface area contributed by atoms with Gasteiger partial charge in [0.2, 0.25) is 5.91 Å². The molecule has 33 heavy (non-hydrogen) atoms. The first kappa shape index (κ1) is 23.2. The van der Waals surface area contributed by atoms with E-state index in [2.05, 4.69) is 22.8 Å². The van der Waals surface area contributed by atoms with Crippen molar-refractivity contribution in [3.8, 4) is 11.1 Å². The molecular formula is C25H28N2O5S. The summed E-state index contributed by atoms with van der Waals surface area (Å²) in [7, 11) is 0. The van der Waals surface area contributed by atoms with Gasteiger partial charge in [-0.05, 0) is 59.4 Å². The normalized spacial score (nSPS) is 16.3. The van der Waals surface area contributed by atoms with Gasteiger partial charge in [-0.25, -0.2) is 9.59 Å². The fraction of sp³-hybridized carbons (Fsp3) is 0.400. The summed E-state index contributed by atoms with van der Waals surface area (Å²) in [4.78, 5) is 36.9. The molecule has 7 nitrogen and oxygen atoms in total. The van der Waals surface area contributed by atoms with Crippen LogP contribution in [0.5, 0.6) is 0 Å². The average molecular weight is 469 g/mol. The number of alkyl carbamates (subject to hydrolysis) is 1. The number of hydrogen-bond donors (Lipinski definition) is 3. The van der Waals surface area contributed by atoms with Crippen molar-refractivity contribution in [1.29, 1.82) is 0 Å². The van der Waals surface area contributed by atoms with E-state index < -0.39 is 30.1 Å². The molecule has 4 rings (SSSR count). The number of carboxylic acids is 1. The van der Waals surface area contributed by atoms with E-state index in [1.165, 1.54) is 11.8 Å². The molecule has 1 fully saturated rings. The lowest BCUT2D eigenvalue weighted by Crippen LogP contribution is -2.52. The lowest BCUT2D eigenvalue weighted by atomic mass is 9.98. The van der Waals surface area contributed by atoms with E-state index in [9.17, 15) is 19.5 Å². The van der Waals surface area contributed by atoms with Crippen LogP contribution in [0.3, 0.4) is 0 Å². The molecule has 2 aliphatic carbocycles. The molecule has 2 aliphatic rings. The highest BCUT2D eigenvalue weighted by Crippen LogP contribution is 2.44. The quantitative estimate of drug-likeness (QED) is 0.492. The van der Waals surface area contributed by atoms with Crippen LogP contribution in [0.4, 0.5) is 4.79 Å². The topological polar surface area (TPSA) is 105 Å². The third-order valence-electron chi connectivity index (χ3n) is 6.22. The van der Waals surface area contributed by atoms with Gasteiger partial charge in [0.05, 0.1) is 0 Å². The van der Waals surface area contributed by atoms with Gasteiger partial charge in [0, 0.05) is 5.92 Å². The summed E-state index contributed by atoms with van der Waals surface area (Å²) in [6.07, 6.45) is 3.16. The number of amides is 2. The molecule has 0 bridgehead atoms. The van der Waals surface area contributed by atoms with Gasteiger partial charge in [0.25, 0.3) is 0 Å². The van der Waals surface area contributed by atoms with Crippen molar-refractivity contribution >= 4 is 29.7 Å². The first-order valence-corrected chi connectivity index (χ1v) is 12.5. The zero-order valence-corrected chi connectivity index (χ0v) is 19.3. The van der Waals surface area contributed by atoms with Crippen molar-refractivity contribution in [1.82, 2.24) is 10.6 Å². The maximum absolute atomic E-state index is 12.8. The van der Waals surface area contributed by atoms with E-state index in [-0.39, 0.29) is 18.4 Å². The summed E-state index contributed by atoms with van der Waals surface area (Å²) in [5, 5.41) is 14.7. The maximum Gasteiger partial charge on any atom is 0.407 e. The largest absolute Gasteiger partial charge is 0.480 e. The average Bonchev–Trinajstić information content (AvgIpc) is 3.61. The molecule has 3 N–H and O–H groups in total. The molecule has 2 unspecified atom stereocenters. The number of carbonyl (C=O) groups is 3. The molecule has 2 aromatic rings. The number of benzene rings is 2. The second kappa shape index (κ2) is 10.3. The van der Waals surface area contributed by atoms with Crippen LogP contribution in [0.1, 0.15) is 36.3 Å². The standard InChI is InChI=1S/C25H28N2O5S/c1-33-13-12-21(24(29)30)26-23(28)22(15-10-11-15)27-25(31)32-14-20-18-8-4-2-6-16(18)17-7-3-5-9-19(17)20/h2-9,15,20-22H,10-14H2,1H3,(H,26,28)(H,27,31)(H,29,30). The Morgan fingerprint density at radius 3 is 2.18 bits per heavy atom. The van der Waals surface area contributed by atoms with Gasteiger partial charge in [-0.1, -0.05) is 48.5 Å². The minimum atomic E-state index is -1.08. The smallest absolute Gasteiger partial charge is 0.407 e. The van der Waals surface area contributed by atoms with E-state index in [4.69, 9.17) is 4.74 Å². The Morgan fingerprint density at radius 2 is 1.64 bits per heavy atom. The molecule has 0 aliphatic heterocycles. The Hall–Kier alpha value is -3.00. The number of ether oxygens (including phenoxy) is 1. The molecular weight excluding hydrogens is 440 g/mol. The summed E-state index contributed by atoms with van der Waals surface area (Å²) in [5.41, 5.74) is 4.51. The van der Waals surface area contributed by atoms with Gasteiger partial charge in [0.15, 0.2) is 0 Å². The molecule has 0 spiro atoms. The lowest BCUT2D eigenvalue weighted by molar-refractivity contribution is -0.142. The van der Waals surface area contributed by atoms with Crippen LogP contribution in [-0.2, 0) is 14.3 Å². The predicted molar refractivity (Wildman–Crippen MR) is 127 cm³/mol. The van der Waals surface area contributed by atoms with Crippen molar-refractivity contribution in [2.45, 2.75) is 37.3 Å². The lowest BCUT2D eigenvalue weighted by Gasteiger charge is -2.21. The molecule has 8 heteroatoms. The van der Waals surface area contributed by atoms with Gasteiger partial charge in [-0.15, -0.1) is 0 Å². The highest BCUT2D eigenvalue weighted by molar-refractivity contribution is 7.98. The van der Waals surface area contributed by atoms with E-state index in [0.29, 0.717) is 12.2 Å². The SMILES string of the molecule is CSCCC(NC(=O)C(NC(=O)OCC1c2ccccc2-c2ccccc21)C1CC1)C(=O)O.